The number of aromatic nitrogens is 5. The van der Waals surface area contributed by atoms with Crippen LogP contribution in [0.1, 0.15) is 59.9 Å². The molecule has 1 fully saturated rings. The summed E-state index contributed by atoms with van der Waals surface area (Å²) in [6.07, 6.45) is 11.7. The van der Waals surface area contributed by atoms with E-state index in [0.29, 0.717) is 28.6 Å². The molecular weight excluding hydrogens is 610 g/mol. The fourth-order valence-corrected chi connectivity index (χ4v) is 6.99. The van der Waals surface area contributed by atoms with Gasteiger partial charge in [0.05, 0.1) is 11.6 Å². The van der Waals surface area contributed by atoms with E-state index in [0.717, 1.165) is 65.9 Å². The van der Waals surface area contributed by atoms with Crippen molar-refractivity contribution in [3.63, 3.8) is 0 Å². The molecule has 3 aromatic carbocycles. The van der Waals surface area contributed by atoms with E-state index < -0.39 is 0 Å². The molecule has 7 rings (SSSR count). The molecule has 2 amide bonds. The van der Waals surface area contributed by atoms with E-state index in [2.05, 4.69) is 69.4 Å². The molecule has 0 radical (unpaired) electrons. The highest BCUT2D eigenvalue weighted by atomic mass is 35.5. The number of nitrogens with one attached hydrogen (secondary N) is 1. The molecule has 1 saturated heterocycles. The van der Waals surface area contributed by atoms with Crippen LogP contribution in [0.3, 0.4) is 0 Å². The van der Waals surface area contributed by atoms with Gasteiger partial charge in [0, 0.05) is 41.3 Å². The molecule has 9 nitrogen and oxygen atoms in total. The standard InChI is InChI=1S/C37H36ClN7O2/c38-31-14-16-35(44-25-39-41-42-44)34(23-31)30-13-15-36(45(47)24-30)33(21-26-7-2-1-3-8-26)29-10-6-9-28(22-29)27-17-19-43(20-18-27)37(46)40-32-11-4-5-12-32/h1-10,13-16,22-25,27,32-33H,11-12,17-21H2,(H,40,46). The summed E-state index contributed by atoms with van der Waals surface area (Å²) < 4.78 is 2.54. The van der Waals surface area contributed by atoms with E-state index in [4.69, 9.17) is 11.6 Å². The molecule has 3 heterocycles. The number of nitrogens with zero attached hydrogens (tertiary/aromatic N) is 6. The summed E-state index contributed by atoms with van der Waals surface area (Å²) in [5, 5.41) is 29.2. The topological polar surface area (TPSA) is 103 Å². The average Bonchev–Trinajstić information content (AvgIpc) is 3.83. The smallest absolute Gasteiger partial charge is 0.317 e. The zero-order valence-electron chi connectivity index (χ0n) is 26.0. The maximum atomic E-state index is 13.9. The van der Waals surface area contributed by atoms with Crippen LogP contribution in [-0.2, 0) is 6.42 Å². The van der Waals surface area contributed by atoms with Gasteiger partial charge in [0.15, 0.2) is 6.20 Å². The fraction of sp³-hybridized carbons (Fsp3) is 0.270. The van der Waals surface area contributed by atoms with Crippen molar-refractivity contribution in [2.24, 2.45) is 0 Å². The lowest BCUT2D eigenvalue weighted by Crippen LogP contribution is -2.47. The van der Waals surface area contributed by atoms with Gasteiger partial charge in [0.25, 0.3) is 0 Å². The van der Waals surface area contributed by atoms with Crippen molar-refractivity contribution < 1.29 is 9.52 Å². The highest BCUT2D eigenvalue weighted by Crippen LogP contribution is 2.34. The molecule has 1 atom stereocenters. The van der Waals surface area contributed by atoms with Crippen LogP contribution in [0.4, 0.5) is 4.79 Å². The lowest BCUT2D eigenvalue weighted by atomic mass is 9.84. The first-order valence-corrected chi connectivity index (χ1v) is 16.5. The monoisotopic (exact) mass is 645 g/mol. The molecule has 1 aliphatic carbocycles. The minimum atomic E-state index is -0.173. The predicted molar refractivity (Wildman–Crippen MR) is 181 cm³/mol. The first-order chi connectivity index (χ1) is 23.0. The molecule has 5 aromatic rings. The van der Waals surface area contributed by atoms with Gasteiger partial charge in [-0.15, -0.1) is 5.10 Å². The lowest BCUT2D eigenvalue weighted by molar-refractivity contribution is -0.614. The molecule has 1 N–H and O–H groups in total. The number of urea groups is 1. The number of halogens is 1. The number of piperidine rings is 1. The molecule has 0 bridgehead atoms. The zero-order valence-corrected chi connectivity index (χ0v) is 26.7. The van der Waals surface area contributed by atoms with Crippen LogP contribution in [-0.4, -0.2) is 50.3 Å². The highest BCUT2D eigenvalue weighted by molar-refractivity contribution is 6.31. The maximum absolute atomic E-state index is 13.9. The van der Waals surface area contributed by atoms with E-state index in [-0.39, 0.29) is 18.0 Å². The summed E-state index contributed by atoms with van der Waals surface area (Å²) >= 11 is 6.39. The van der Waals surface area contributed by atoms with E-state index in [9.17, 15) is 10.0 Å². The quantitative estimate of drug-likeness (QED) is 0.116. The summed E-state index contributed by atoms with van der Waals surface area (Å²) in [7, 11) is 0. The molecule has 10 heteroatoms. The van der Waals surface area contributed by atoms with Gasteiger partial charge in [-0.2, -0.15) is 9.41 Å². The van der Waals surface area contributed by atoms with Crippen LogP contribution < -0.4 is 10.0 Å². The van der Waals surface area contributed by atoms with Crippen LogP contribution in [0.5, 0.6) is 0 Å². The third-order valence-electron chi connectivity index (χ3n) is 9.35. The van der Waals surface area contributed by atoms with Crippen LogP contribution in [0.15, 0.2) is 110 Å². The Kier molecular flexibility index (Phi) is 8.97. The summed E-state index contributed by atoms with van der Waals surface area (Å²) in [4.78, 5) is 14.8. The molecule has 238 valence electrons. The third-order valence-corrected chi connectivity index (χ3v) is 9.59. The van der Waals surface area contributed by atoms with Crippen molar-refractivity contribution in [1.82, 2.24) is 30.4 Å². The Morgan fingerprint density at radius 2 is 1.79 bits per heavy atom. The Balaban J connectivity index is 1.15. The first kappa shape index (κ1) is 30.6. The predicted octanol–water partition coefficient (Wildman–Crippen LogP) is 6.60. The Morgan fingerprint density at radius 3 is 2.53 bits per heavy atom. The molecular formula is C37H36ClN7O2. The van der Waals surface area contributed by atoms with Crippen molar-refractivity contribution in [1.29, 1.82) is 0 Å². The SMILES string of the molecule is O=C(NC1CC=CC1)N1CCC(c2cccc(C(Cc3ccccc3)c3ccc(-c4cc(Cl)ccc4-n4cnnn4)c[n+]3[O-])c2)CC1. The number of tetrazole rings is 1. The molecule has 1 unspecified atom stereocenters. The van der Waals surface area contributed by atoms with Gasteiger partial charge in [-0.1, -0.05) is 78.4 Å². The van der Waals surface area contributed by atoms with Gasteiger partial charge in [0.1, 0.15) is 6.33 Å². The fourth-order valence-electron chi connectivity index (χ4n) is 6.82. The number of rotatable bonds is 8. The molecule has 0 spiro atoms. The number of hydrogen-bond donors (Lipinski definition) is 1. The van der Waals surface area contributed by atoms with Gasteiger partial charge in [-0.05, 0) is 89.4 Å². The minimum Gasteiger partial charge on any atom is -0.618 e. The van der Waals surface area contributed by atoms with Gasteiger partial charge in [-0.25, -0.2) is 4.79 Å². The summed E-state index contributed by atoms with van der Waals surface area (Å²) in [5.74, 6) is 0.173. The zero-order chi connectivity index (χ0) is 32.2. The van der Waals surface area contributed by atoms with Crippen LogP contribution in [0.2, 0.25) is 5.02 Å². The highest BCUT2D eigenvalue weighted by Gasteiger charge is 2.28. The average molecular weight is 646 g/mol. The Bertz CT molecular complexity index is 1860. The second kappa shape index (κ2) is 13.8. The van der Waals surface area contributed by atoms with E-state index in [1.54, 1.807) is 16.9 Å². The number of pyridine rings is 1. The van der Waals surface area contributed by atoms with Crippen molar-refractivity contribution >= 4 is 17.6 Å². The van der Waals surface area contributed by atoms with Gasteiger partial charge in [-0.3, -0.25) is 0 Å². The van der Waals surface area contributed by atoms with E-state index in [1.807, 2.05) is 47.4 Å². The first-order valence-electron chi connectivity index (χ1n) is 16.1. The van der Waals surface area contributed by atoms with Crippen LogP contribution >= 0.6 is 11.6 Å². The van der Waals surface area contributed by atoms with Crippen molar-refractivity contribution in [3.05, 3.63) is 142 Å². The molecule has 0 saturated carbocycles. The van der Waals surface area contributed by atoms with E-state index >= 15 is 0 Å². The van der Waals surface area contributed by atoms with Crippen LogP contribution in [0, 0.1) is 5.21 Å². The van der Waals surface area contributed by atoms with Crippen molar-refractivity contribution in [3.8, 4) is 16.8 Å². The molecule has 47 heavy (non-hydrogen) atoms. The number of benzene rings is 3. The lowest BCUT2D eigenvalue weighted by Gasteiger charge is -2.33. The normalized spacial score (nSPS) is 16.0. The minimum absolute atomic E-state index is 0.0418. The van der Waals surface area contributed by atoms with Gasteiger partial charge in [0.2, 0.25) is 5.69 Å². The van der Waals surface area contributed by atoms with Gasteiger partial charge >= 0.3 is 6.03 Å². The summed E-state index contributed by atoms with van der Waals surface area (Å²) in [6.45, 7) is 1.46. The number of amides is 2. The maximum Gasteiger partial charge on any atom is 0.317 e. The summed E-state index contributed by atoms with van der Waals surface area (Å²) in [5.41, 5.74) is 6.34. The van der Waals surface area contributed by atoms with Crippen molar-refractivity contribution in [2.75, 3.05) is 13.1 Å². The number of carbonyl (C=O) groups is 1. The largest absolute Gasteiger partial charge is 0.618 e. The Hall–Kier alpha value is -5.02. The van der Waals surface area contributed by atoms with E-state index in [1.165, 1.54) is 11.9 Å². The molecule has 1 aliphatic heterocycles. The second-order valence-corrected chi connectivity index (χ2v) is 12.8. The third kappa shape index (κ3) is 6.90. The Morgan fingerprint density at radius 1 is 0.979 bits per heavy atom. The number of carbonyl (C=O) groups excluding carboxylic acids is 1. The second-order valence-electron chi connectivity index (χ2n) is 12.3. The summed E-state index contributed by atoms with van der Waals surface area (Å²) in [6, 6.07) is 28.5. The molecule has 2 aliphatic rings. The molecule has 2 aromatic heterocycles. The Labute approximate surface area is 279 Å². The van der Waals surface area contributed by atoms with Gasteiger partial charge < -0.3 is 15.4 Å². The van der Waals surface area contributed by atoms with Crippen LogP contribution in [0.25, 0.3) is 16.8 Å². The number of hydrogen-bond acceptors (Lipinski definition) is 5. The number of likely N-dealkylation sites (tertiary alicyclic amines) is 1. The van der Waals surface area contributed by atoms with Crippen molar-refractivity contribution in [2.45, 2.75) is 50.0 Å².